The fraction of sp³-hybridized carbons (Fsp3) is 0.344. The fourth-order valence-electron chi connectivity index (χ4n) is 4.19. The predicted octanol–water partition coefficient (Wildman–Crippen LogP) is 6.95. The molecule has 2 N–H and O–H groups in total. The Morgan fingerprint density at radius 1 is 0.750 bits per heavy atom. The van der Waals surface area contributed by atoms with Crippen molar-refractivity contribution in [2.45, 2.75) is 57.2 Å². The minimum atomic E-state index is -0.726. The van der Waals surface area contributed by atoms with Crippen molar-refractivity contribution >= 4 is 29.6 Å². The molecule has 7 nitrogen and oxygen atoms in total. The molecule has 0 fully saturated rings. The summed E-state index contributed by atoms with van der Waals surface area (Å²) in [6, 6.07) is 27.7. The molecule has 0 aliphatic heterocycles. The van der Waals surface area contributed by atoms with Gasteiger partial charge in [0.05, 0.1) is 11.4 Å². The molecule has 3 aromatic carbocycles. The maximum absolute atomic E-state index is 13.3. The van der Waals surface area contributed by atoms with Crippen LogP contribution in [0.15, 0.2) is 91.0 Å². The average molecular weight is 565 g/mol. The van der Waals surface area contributed by atoms with E-state index in [-0.39, 0.29) is 36.7 Å². The molecule has 0 aliphatic rings. The number of unbranched alkanes of at least 4 members (excludes halogenated alkanes) is 1. The number of ether oxygens (including phenoxy) is 2. The molecular formula is C32H37ClN2O5. The van der Waals surface area contributed by atoms with Crippen LogP contribution in [0.4, 0.5) is 9.59 Å². The summed E-state index contributed by atoms with van der Waals surface area (Å²) in [6.07, 6.45) is 0.681. The van der Waals surface area contributed by atoms with Crippen molar-refractivity contribution in [1.29, 1.82) is 0 Å². The van der Waals surface area contributed by atoms with Crippen LogP contribution in [0.5, 0.6) is 0 Å². The Morgan fingerprint density at radius 2 is 1.27 bits per heavy atom. The van der Waals surface area contributed by atoms with Gasteiger partial charge >= 0.3 is 12.2 Å². The lowest BCUT2D eigenvalue weighted by molar-refractivity contribution is -0.122. The van der Waals surface area contributed by atoms with E-state index in [2.05, 4.69) is 10.6 Å². The van der Waals surface area contributed by atoms with Crippen molar-refractivity contribution in [2.24, 2.45) is 5.92 Å². The van der Waals surface area contributed by atoms with Crippen molar-refractivity contribution in [2.75, 3.05) is 6.54 Å². The number of Topliss-reactive ketones (excluding diaryl/α,β-unsaturated/α-hetero) is 1. The van der Waals surface area contributed by atoms with Crippen LogP contribution in [-0.2, 0) is 27.5 Å². The van der Waals surface area contributed by atoms with E-state index in [1.165, 1.54) is 0 Å². The summed E-state index contributed by atoms with van der Waals surface area (Å²) in [6.45, 7) is 2.62. The zero-order valence-corrected chi connectivity index (χ0v) is 23.5. The van der Waals surface area contributed by atoms with Gasteiger partial charge in [-0.05, 0) is 41.9 Å². The number of carbonyl (C=O) groups excluding carboxylic acids is 3. The lowest BCUT2D eigenvalue weighted by Gasteiger charge is -2.22. The first-order chi connectivity index (χ1) is 19.4. The lowest BCUT2D eigenvalue weighted by Crippen LogP contribution is -2.42. The molecule has 212 valence electrons. The van der Waals surface area contributed by atoms with E-state index in [9.17, 15) is 14.4 Å². The Hall–Kier alpha value is -3.84. The van der Waals surface area contributed by atoms with E-state index in [1.54, 1.807) is 0 Å². The van der Waals surface area contributed by atoms with E-state index >= 15 is 0 Å². The topological polar surface area (TPSA) is 93.7 Å². The summed E-state index contributed by atoms with van der Waals surface area (Å²) in [4.78, 5) is 37.8. The molecule has 3 atom stereocenters. The largest absolute Gasteiger partial charge is 0.445 e. The third-order valence-electron chi connectivity index (χ3n) is 6.44. The number of nitrogens with one attached hydrogen (secondary N) is 2. The molecule has 0 bridgehead atoms. The van der Waals surface area contributed by atoms with Gasteiger partial charge in [-0.15, -0.1) is 11.6 Å². The highest BCUT2D eigenvalue weighted by Crippen LogP contribution is 2.31. The van der Waals surface area contributed by atoms with Gasteiger partial charge in [-0.25, -0.2) is 9.59 Å². The number of carbonyl (C=O) groups is 3. The smallest absolute Gasteiger partial charge is 0.408 e. The van der Waals surface area contributed by atoms with Crippen LogP contribution in [0.3, 0.4) is 0 Å². The van der Waals surface area contributed by atoms with Crippen LogP contribution < -0.4 is 10.6 Å². The maximum Gasteiger partial charge on any atom is 0.408 e. The van der Waals surface area contributed by atoms with Gasteiger partial charge in [0.2, 0.25) is 0 Å². The molecular weight excluding hydrogens is 528 g/mol. The second-order valence-electron chi connectivity index (χ2n) is 9.70. The van der Waals surface area contributed by atoms with E-state index in [0.717, 1.165) is 16.7 Å². The Balaban J connectivity index is 1.48. The van der Waals surface area contributed by atoms with Gasteiger partial charge in [0, 0.05) is 13.0 Å². The molecule has 0 radical (unpaired) electrons. The van der Waals surface area contributed by atoms with Gasteiger partial charge in [0.15, 0.2) is 5.78 Å². The number of benzene rings is 3. The molecule has 1 unspecified atom stereocenters. The normalized spacial score (nSPS) is 12.9. The Bertz CT molecular complexity index is 1180. The van der Waals surface area contributed by atoms with E-state index in [4.69, 9.17) is 21.1 Å². The summed E-state index contributed by atoms with van der Waals surface area (Å²) >= 11 is 6.65. The molecule has 3 aromatic rings. The van der Waals surface area contributed by atoms with E-state index in [1.807, 2.05) is 97.9 Å². The third kappa shape index (κ3) is 11.1. The number of hydrogen-bond acceptors (Lipinski definition) is 5. The molecule has 3 rings (SSSR count). The molecule has 0 heterocycles. The SMILES string of the molecule is C[C@H](CC(=O)[C@H](CCCCNC(=O)OCc1ccccc1)NC(=O)OCc1ccccc1)C(Cl)c1ccccc1. The van der Waals surface area contributed by atoms with Crippen molar-refractivity contribution in [1.82, 2.24) is 10.6 Å². The Labute approximate surface area is 241 Å². The van der Waals surface area contributed by atoms with Crippen LogP contribution in [0.2, 0.25) is 0 Å². The van der Waals surface area contributed by atoms with Crippen molar-refractivity contribution in [3.63, 3.8) is 0 Å². The number of alkyl carbamates (subject to hydrolysis) is 2. The highest BCUT2D eigenvalue weighted by molar-refractivity contribution is 6.21. The standard InChI is InChI=1S/C32H37ClN2O5/c1-24(30(33)27-17-9-4-10-18-27)21-29(36)28(35-32(38)40-23-26-15-7-3-8-16-26)19-11-12-20-34-31(37)39-22-25-13-5-2-6-14-25/h2-10,13-18,24,28,30H,11-12,19-23H2,1H3,(H,34,37)(H,35,38)/t24-,28+,30?/m1/s1. The molecule has 8 heteroatoms. The van der Waals surface area contributed by atoms with Crippen LogP contribution >= 0.6 is 11.6 Å². The Kier molecular flexibility index (Phi) is 13.0. The molecule has 0 aliphatic carbocycles. The van der Waals surface area contributed by atoms with Gasteiger partial charge in [0.25, 0.3) is 0 Å². The zero-order valence-electron chi connectivity index (χ0n) is 22.8. The summed E-state index contributed by atoms with van der Waals surface area (Å²) in [5, 5.41) is 5.14. The minimum Gasteiger partial charge on any atom is -0.445 e. The van der Waals surface area contributed by atoms with Gasteiger partial charge in [-0.1, -0.05) is 97.9 Å². The number of ketones is 1. The molecule has 40 heavy (non-hydrogen) atoms. The van der Waals surface area contributed by atoms with Gasteiger partial charge < -0.3 is 20.1 Å². The summed E-state index contributed by atoms with van der Waals surface area (Å²) in [5.74, 6) is -0.247. The van der Waals surface area contributed by atoms with Crippen molar-refractivity contribution in [3.8, 4) is 0 Å². The quantitative estimate of drug-likeness (QED) is 0.154. The van der Waals surface area contributed by atoms with Crippen LogP contribution in [-0.4, -0.2) is 30.6 Å². The van der Waals surface area contributed by atoms with Crippen molar-refractivity contribution < 1.29 is 23.9 Å². The number of halogens is 1. The fourth-order valence-corrected chi connectivity index (χ4v) is 4.42. The second-order valence-corrected chi connectivity index (χ2v) is 10.2. The molecule has 2 amide bonds. The molecule has 0 spiro atoms. The van der Waals surface area contributed by atoms with E-state index < -0.39 is 18.2 Å². The predicted molar refractivity (Wildman–Crippen MR) is 156 cm³/mol. The maximum atomic E-state index is 13.3. The highest BCUT2D eigenvalue weighted by atomic mass is 35.5. The number of alkyl halides is 1. The monoisotopic (exact) mass is 564 g/mol. The molecule has 0 aromatic heterocycles. The summed E-state index contributed by atoms with van der Waals surface area (Å²) in [7, 11) is 0. The number of amides is 2. The first-order valence-electron chi connectivity index (χ1n) is 13.6. The van der Waals surface area contributed by atoms with Crippen molar-refractivity contribution in [3.05, 3.63) is 108 Å². The zero-order chi connectivity index (χ0) is 28.6. The molecule has 0 saturated heterocycles. The third-order valence-corrected chi connectivity index (χ3v) is 7.12. The number of rotatable bonds is 15. The van der Waals surface area contributed by atoms with E-state index in [0.29, 0.717) is 25.8 Å². The summed E-state index contributed by atoms with van der Waals surface area (Å²) in [5.41, 5.74) is 2.71. The van der Waals surface area contributed by atoms with Crippen LogP contribution in [0.25, 0.3) is 0 Å². The first-order valence-corrected chi connectivity index (χ1v) is 14.0. The molecule has 0 saturated carbocycles. The van der Waals surface area contributed by atoms with Gasteiger partial charge in [-0.2, -0.15) is 0 Å². The Morgan fingerprint density at radius 3 is 1.85 bits per heavy atom. The second kappa shape index (κ2) is 17.0. The minimum absolute atomic E-state index is 0.108. The van der Waals surface area contributed by atoms with Gasteiger partial charge in [-0.3, -0.25) is 4.79 Å². The average Bonchev–Trinajstić information content (AvgIpc) is 2.99. The van der Waals surface area contributed by atoms with Gasteiger partial charge in [0.1, 0.15) is 13.2 Å². The first kappa shape index (κ1) is 30.7. The lowest BCUT2D eigenvalue weighted by atomic mass is 9.92. The van der Waals surface area contributed by atoms with Crippen LogP contribution in [0, 0.1) is 5.92 Å². The highest BCUT2D eigenvalue weighted by Gasteiger charge is 2.26. The van der Waals surface area contributed by atoms with Crippen LogP contribution in [0.1, 0.15) is 54.7 Å². The summed E-state index contributed by atoms with van der Waals surface area (Å²) < 4.78 is 10.6. The number of hydrogen-bond donors (Lipinski definition) is 2.